The first kappa shape index (κ1) is 12.5. The van der Waals surface area contributed by atoms with Crippen LogP contribution < -0.4 is 5.32 Å². The molecule has 4 heteroatoms. The number of fused-ring (bicyclic) bond motifs is 1. The van der Waals surface area contributed by atoms with E-state index in [0.29, 0.717) is 6.61 Å². The predicted octanol–water partition coefficient (Wildman–Crippen LogP) is 2.27. The third-order valence-electron chi connectivity index (χ3n) is 3.12. The van der Waals surface area contributed by atoms with Gasteiger partial charge in [-0.25, -0.2) is 9.97 Å². The van der Waals surface area contributed by atoms with Crippen LogP contribution in [0, 0.1) is 6.92 Å². The Morgan fingerprint density at radius 2 is 2.12 bits per heavy atom. The molecule has 0 saturated heterocycles. The molecule has 4 nitrogen and oxygen atoms in total. The number of nitrogens with one attached hydrogen (secondary N) is 1. The van der Waals surface area contributed by atoms with Crippen LogP contribution in [0.15, 0.2) is 0 Å². The van der Waals surface area contributed by atoms with Gasteiger partial charge in [0.1, 0.15) is 6.10 Å². The lowest BCUT2D eigenvalue weighted by Crippen LogP contribution is -2.12. The van der Waals surface area contributed by atoms with Gasteiger partial charge in [0.15, 0.2) is 5.82 Å². The largest absolute Gasteiger partial charge is 0.371 e. The van der Waals surface area contributed by atoms with Crippen LogP contribution in [0.1, 0.15) is 55.6 Å². The van der Waals surface area contributed by atoms with Gasteiger partial charge in [-0.1, -0.05) is 13.3 Å². The minimum absolute atomic E-state index is 0.0506. The first-order chi connectivity index (χ1) is 8.26. The number of nitrogens with zero attached hydrogens (tertiary/aromatic N) is 2. The fourth-order valence-electron chi connectivity index (χ4n) is 2.26. The molecule has 0 saturated carbocycles. The van der Waals surface area contributed by atoms with Crippen molar-refractivity contribution in [3.63, 3.8) is 0 Å². The topological polar surface area (TPSA) is 47.0 Å². The van der Waals surface area contributed by atoms with Crippen molar-refractivity contribution < 1.29 is 4.74 Å². The van der Waals surface area contributed by atoms with E-state index in [1.54, 1.807) is 0 Å². The number of hydrogen-bond acceptors (Lipinski definition) is 4. The normalized spacial score (nSPS) is 15.9. The van der Waals surface area contributed by atoms with E-state index in [-0.39, 0.29) is 6.10 Å². The van der Waals surface area contributed by atoms with Gasteiger partial charge in [0.2, 0.25) is 0 Å². The van der Waals surface area contributed by atoms with E-state index in [2.05, 4.69) is 29.1 Å². The molecule has 0 aliphatic carbocycles. The average Bonchev–Trinajstić information content (AvgIpc) is 2.77. The molecule has 1 N–H and O–H groups in total. The first-order valence-electron chi connectivity index (χ1n) is 6.44. The highest BCUT2D eigenvalue weighted by atomic mass is 16.5. The summed E-state index contributed by atoms with van der Waals surface area (Å²) in [7, 11) is 0. The van der Waals surface area contributed by atoms with Crippen LogP contribution >= 0.6 is 0 Å². The number of aromatic nitrogens is 2. The maximum absolute atomic E-state index is 5.74. The van der Waals surface area contributed by atoms with Gasteiger partial charge in [-0.3, -0.25) is 0 Å². The number of rotatable bonds is 5. The highest BCUT2D eigenvalue weighted by Gasteiger charge is 2.20. The second kappa shape index (κ2) is 5.56. The average molecular weight is 235 g/mol. The Balaban J connectivity index is 2.27. The molecule has 0 bridgehead atoms. The molecule has 0 spiro atoms. The van der Waals surface area contributed by atoms with Crippen molar-refractivity contribution >= 4 is 0 Å². The van der Waals surface area contributed by atoms with Gasteiger partial charge >= 0.3 is 0 Å². The van der Waals surface area contributed by atoms with Crippen LogP contribution in [0.2, 0.25) is 0 Å². The smallest absolute Gasteiger partial charge is 0.157 e. The van der Waals surface area contributed by atoms with E-state index in [9.17, 15) is 0 Å². The molecular formula is C13H21N3O. The molecule has 94 valence electrons. The molecule has 1 unspecified atom stereocenters. The summed E-state index contributed by atoms with van der Waals surface area (Å²) in [4.78, 5) is 9.26. The van der Waals surface area contributed by atoms with Gasteiger partial charge in [0.05, 0.1) is 5.69 Å². The zero-order chi connectivity index (χ0) is 12.3. The van der Waals surface area contributed by atoms with Crippen LogP contribution in [0.25, 0.3) is 0 Å². The van der Waals surface area contributed by atoms with Gasteiger partial charge < -0.3 is 10.1 Å². The Kier molecular flexibility index (Phi) is 4.07. The maximum atomic E-state index is 5.74. The van der Waals surface area contributed by atoms with Crippen molar-refractivity contribution in [1.82, 2.24) is 15.3 Å². The van der Waals surface area contributed by atoms with E-state index in [0.717, 1.165) is 43.1 Å². The molecule has 0 radical (unpaired) electrons. The molecule has 17 heavy (non-hydrogen) atoms. The van der Waals surface area contributed by atoms with E-state index in [1.165, 1.54) is 5.56 Å². The van der Waals surface area contributed by atoms with Crippen molar-refractivity contribution in [2.45, 2.75) is 52.8 Å². The zero-order valence-corrected chi connectivity index (χ0v) is 10.9. The van der Waals surface area contributed by atoms with Gasteiger partial charge in [0, 0.05) is 31.0 Å². The molecule has 1 aromatic rings. The molecule has 1 aliphatic heterocycles. The Hall–Kier alpha value is -1.00. The Labute approximate surface area is 103 Å². The van der Waals surface area contributed by atoms with Gasteiger partial charge in [-0.2, -0.15) is 0 Å². The lowest BCUT2D eigenvalue weighted by molar-refractivity contribution is 0.0491. The summed E-state index contributed by atoms with van der Waals surface area (Å²) in [5.74, 6) is 0.855. The van der Waals surface area contributed by atoms with Crippen molar-refractivity contribution in [2.75, 3.05) is 6.61 Å². The van der Waals surface area contributed by atoms with Crippen molar-refractivity contribution in [1.29, 1.82) is 0 Å². The Morgan fingerprint density at radius 3 is 2.82 bits per heavy atom. The quantitative estimate of drug-likeness (QED) is 0.850. The van der Waals surface area contributed by atoms with Crippen LogP contribution in [-0.4, -0.2) is 16.6 Å². The summed E-state index contributed by atoms with van der Waals surface area (Å²) in [6, 6.07) is 0. The minimum atomic E-state index is 0.0506. The van der Waals surface area contributed by atoms with E-state index in [4.69, 9.17) is 4.74 Å². The highest BCUT2D eigenvalue weighted by molar-refractivity contribution is 5.28. The Morgan fingerprint density at radius 1 is 1.29 bits per heavy atom. The second-order valence-electron chi connectivity index (χ2n) is 4.43. The van der Waals surface area contributed by atoms with Crippen molar-refractivity contribution in [3.05, 3.63) is 22.8 Å². The van der Waals surface area contributed by atoms with Crippen LogP contribution in [-0.2, 0) is 17.8 Å². The molecule has 0 aromatic carbocycles. The van der Waals surface area contributed by atoms with E-state index >= 15 is 0 Å². The SMILES string of the molecule is CCCC(OCC)c1nc(C)c2c(n1)CNC2. The third kappa shape index (κ3) is 2.64. The Bertz CT molecular complexity index is 386. The molecule has 1 atom stereocenters. The van der Waals surface area contributed by atoms with Crippen LogP contribution in [0.3, 0.4) is 0 Å². The predicted molar refractivity (Wildman–Crippen MR) is 66.6 cm³/mol. The summed E-state index contributed by atoms with van der Waals surface area (Å²) in [6.07, 6.45) is 2.12. The lowest BCUT2D eigenvalue weighted by Gasteiger charge is -2.16. The summed E-state index contributed by atoms with van der Waals surface area (Å²) < 4.78 is 5.74. The molecule has 1 aromatic heterocycles. The van der Waals surface area contributed by atoms with Crippen molar-refractivity contribution in [3.8, 4) is 0 Å². The fourth-order valence-corrected chi connectivity index (χ4v) is 2.26. The first-order valence-corrected chi connectivity index (χ1v) is 6.44. The highest BCUT2D eigenvalue weighted by Crippen LogP contribution is 2.23. The van der Waals surface area contributed by atoms with E-state index < -0.39 is 0 Å². The summed E-state index contributed by atoms with van der Waals surface area (Å²) >= 11 is 0. The molecule has 2 rings (SSSR count). The van der Waals surface area contributed by atoms with E-state index in [1.807, 2.05) is 6.92 Å². The molecule has 2 heterocycles. The van der Waals surface area contributed by atoms with Gasteiger partial charge in [-0.05, 0) is 20.3 Å². The molecule has 0 amide bonds. The molecular weight excluding hydrogens is 214 g/mol. The molecule has 1 aliphatic rings. The number of aryl methyl sites for hydroxylation is 1. The van der Waals surface area contributed by atoms with Gasteiger partial charge in [0.25, 0.3) is 0 Å². The summed E-state index contributed by atoms with van der Waals surface area (Å²) in [5, 5.41) is 3.32. The second-order valence-corrected chi connectivity index (χ2v) is 4.43. The standard InChI is InChI=1S/C13H21N3O/c1-4-6-12(17-5-2)13-15-9(3)10-7-14-8-11(10)16-13/h12,14H,4-8H2,1-3H3. The minimum Gasteiger partial charge on any atom is -0.371 e. The zero-order valence-electron chi connectivity index (χ0n) is 10.9. The number of ether oxygens (including phenoxy) is 1. The summed E-state index contributed by atoms with van der Waals surface area (Å²) in [6.45, 7) is 8.71. The maximum Gasteiger partial charge on any atom is 0.157 e. The monoisotopic (exact) mass is 235 g/mol. The van der Waals surface area contributed by atoms with Crippen LogP contribution in [0.4, 0.5) is 0 Å². The molecule has 0 fully saturated rings. The third-order valence-corrected chi connectivity index (χ3v) is 3.12. The fraction of sp³-hybridized carbons (Fsp3) is 0.692. The number of hydrogen-bond donors (Lipinski definition) is 1. The lowest BCUT2D eigenvalue weighted by atomic mass is 10.1. The van der Waals surface area contributed by atoms with Gasteiger partial charge in [-0.15, -0.1) is 0 Å². The van der Waals surface area contributed by atoms with Crippen LogP contribution in [0.5, 0.6) is 0 Å². The van der Waals surface area contributed by atoms with Crippen molar-refractivity contribution in [2.24, 2.45) is 0 Å². The summed E-state index contributed by atoms with van der Waals surface area (Å²) in [5.41, 5.74) is 3.50.